The van der Waals surface area contributed by atoms with Crippen molar-refractivity contribution in [3.05, 3.63) is 46.6 Å². The number of anilines is 1. The largest absolute Gasteiger partial charge is 0.462 e. The number of thiophene rings is 1. The number of carbonyl (C=O) groups excluding carboxylic acids is 2. The number of rotatable bonds is 6. The summed E-state index contributed by atoms with van der Waals surface area (Å²) >= 11 is 3.02. The molecule has 27 heavy (non-hydrogen) atoms. The molecule has 0 bridgehead atoms. The molecule has 1 amide bonds. The monoisotopic (exact) mass is 401 g/mol. The molecule has 0 fully saturated rings. The number of carbonyl (C=O) groups is 2. The van der Waals surface area contributed by atoms with Crippen LogP contribution in [0.1, 0.15) is 27.7 Å². The van der Waals surface area contributed by atoms with Gasteiger partial charge in [0.2, 0.25) is 5.91 Å². The number of thioether (sulfide) groups is 1. The fourth-order valence-electron chi connectivity index (χ4n) is 2.49. The molecule has 0 atom stereocenters. The molecule has 140 valence electrons. The van der Waals surface area contributed by atoms with Gasteiger partial charge in [0.15, 0.2) is 0 Å². The van der Waals surface area contributed by atoms with E-state index in [1.54, 1.807) is 42.5 Å². The molecule has 0 saturated heterocycles. The van der Waals surface area contributed by atoms with E-state index in [2.05, 4.69) is 22.2 Å². The number of nitrogens with one attached hydrogen (secondary N) is 1. The van der Waals surface area contributed by atoms with Gasteiger partial charge in [0.05, 0.1) is 17.9 Å². The minimum absolute atomic E-state index is 0.139. The molecule has 2 heterocycles. The number of nitrogens with zero attached hydrogens (tertiary/aromatic N) is 2. The molecule has 0 aliphatic heterocycles. The Morgan fingerprint density at radius 2 is 1.93 bits per heavy atom. The van der Waals surface area contributed by atoms with Crippen molar-refractivity contribution in [2.24, 2.45) is 0 Å². The van der Waals surface area contributed by atoms with Gasteiger partial charge in [-0.2, -0.15) is 0 Å². The zero-order valence-electron chi connectivity index (χ0n) is 15.2. The fourth-order valence-corrected chi connectivity index (χ4v) is 4.41. The van der Waals surface area contributed by atoms with Gasteiger partial charge in [-0.25, -0.2) is 14.8 Å². The first kappa shape index (κ1) is 19.3. The first-order valence-electron chi connectivity index (χ1n) is 8.40. The minimum Gasteiger partial charge on any atom is -0.462 e. The highest BCUT2D eigenvalue weighted by Crippen LogP contribution is 2.34. The molecule has 0 aliphatic rings. The summed E-state index contributed by atoms with van der Waals surface area (Å²) in [6, 6.07) is 6.63. The lowest BCUT2D eigenvalue weighted by molar-refractivity contribution is -0.113. The van der Waals surface area contributed by atoms with Crippen LogP contribution in [0.2, 0.25) is 0 Å². The van der Waals surface area contributed by atoms with Crippen molar-refractivity contribution < 1.29 is 14.3 Å². The zero-order chi connectivity index (χ0) is 19.4. The van der Waals surface area contributed by atoms with Crippen molar-refractivity contribution in [3.63, 3.8) is 0 Å². The van der Waals surface area contributed by atoms with Gasteiger partial charge in [0.1, 0.15) is 16.2 Å². The van der Waals surface area contributed by atoms with Crippen LogP contribution in [0.4, 0.5) is 5.69 Å². The minimum atomic E-state index is -0.375. The molecule has 6 nitrogen and oxygen atoms in total. The van der Waals surface area contributed by atoms with E-state index in [4.69, 9.17) is 4.74 Å². The first-order valence-corrected chi connectivity index (χ1v) is 10.2. The van der Waals surface area contributed by atoms with Gasteiger partial charge in [0, 0.05) is 16.0 Å². The number of fused-ring (bicyclic) bond motifs is 1. The van der Waals surface area contributed by atoms with Gasteiger partial charge in [-0.1, -0.05) is 11.8 Å². The first-order chi connectivity index (χ1) is 13.0. The van der Waals surface area contributed by atoms with Crippen molar-refractivity contribution in [2.45, 2.75) is 25.8 Å². The van der Waals surface area contributed by atoms with E-state index in [0.717, 1.165) is 20.8 Å². The zero-order valence-corrected chi connectivity index (χ0v) is 16.9. The molecular formula is C19H19N3O3S2. The van der Waals surface area contributed by atoms with Crippen LogP contribution in [0.15, 0.2) is 35.6 Å². The average molecular weight is 402 g/mol. The third-order valence-corrected chi connectivity index (χ3v) is 6.06. The van der Waals surface area contributed by atoms with Crippen molar-refractivity contribution in [1.82, 2.24) is 9.97 Å². The van der Waals surface area contributed by atoms with Crippen molar-refractivity contribution in [3.8, 4) is 0 Å². The number of hydrogen-bond acceptors (Lipinski definition) is 7. The fraction of sp³-hybridized carbons (Fsp3) is 0.263. The Balaban J connectivity index is 1.63. The lowest BCUT2D eigenvalue weighted by atomic mass is 10.2. The van der Waals surface area contributed by atoms with Gasteiger partial charge < -0.3 is 10.1 Å². The van der Waals surface area contributed by atoms with Crippen molar-refractivity contribution >= 4 is 50.9 Å². The lowest BCUT2D eigenvalue weighted by Gasteiger charge is -2.07. The second-order valence-corrected chi connectivity index (χ2v) is 7.94. The van der Waals surface area contributed by atoms with Gasteiger partial charge in [-0.05, 0) is 50.6 Å². The molecule has 0 unspecified atom stereocenters. The summed E-state index contributed by atoms with van der Waals surface area (Å²) in [4.78, 5) is 34.7. The summed E-state index contributed by atoms with van der Waals surface area (Å²) < 4.78 is 4.94. The highest BCUT2D eigenvalue weighted by atomic mass is 32.2. The van der Waals surface area contributed by atoms with Crippen molar-refractivity contribution in [1.29, 1.82) is 0 Å². The van der Waals surface area contributed by atoms with E-state index in [-0.39, 0.29) is 17.6 Å². The molecule has 2 aromatic heterocycles. The molecule has 1 N–H and O–H groups in total. The van der Waals surface area contributed by atoms with E-state index in [1.165, 1.54) is 23.0 Å². The van der Waals surface area contributed by atoms with Crippen LogP contribution < -0.4 is 5.32 Å². The summed E-state index contributed by atoms with van der Waals surface area (Å²) in [5.74, 6) is -0.277. The van der Waals surface area contributed by atoms with Crippen LogP contribution in [-0.2, 0) is 9.53 Å². The van der Waals surface area contributed by atoms with E-state index in [9.17, 15) is 9.59 Å². The Morgan fingerprint density at radius 1 is 1.19 bits per heavy atom. The maximum Gasteiger partial charge on any atom is 0.338 e. The molecule has 1 aromatic carbocycles. The smallest absolute Gasteiger partial charge is 0.338 e. The third kappa shape index (κ3) is 4.45. The summed E-state index contributed by atoms with van der Waals surface area (Å²) in [5, 5.41) is 4.66. The quantitative estimate of drug-likeness (QED) is 0.378. The Morgan fingerprint density at radius 3 is 2.63 bits per heavy atom. The molecule has 0 saturated carbocycles. The molecular weight excluding hydrogens is 382 g/mol. The highest BCUT2D eigenvalue weighted by molar-refractivity contribution is 8.00. The number of amides is 1. The highest BCUT2D eigenvalue weighted by Gasteiger charge is 2.14. The number of ether oxygens (including phenoxy) is 1. The summed E-state index contributed by atoms with van der Waals surface area (Å²) in [6.07, 6.45) is 1.53. The lowest BCUT2D eigenvalue weighted by Crippen LogP contribution is -2.14. The van der Waals surface area contributed by atoms with Crippen LogP contribution >= 0.6 is 23.1 Å². The second kappa shape index (κ2) is 8.49. The summed E-state index contributed by atoms with van der Waals surface area (Å²) in [5.41, 5.74) is 2.24. The van der Waals surface area contributed by atoms with Gasteiger partial charge >= 0.3 is 5.97 Å². The number of benzene rings is 1. The summed E-state index contributed by atoms with van der Waals surface area (Å²) in [6.45, 7) is 6.19. The van der Waals surface area contributed by atoms with E-state index in [1.807, 2.05) is 6.92 Å². The van der Waals surface area contributed by atoms with Crippen molar-refractivity contribution in [2.75, 3.05) is 17.7 Å². The number of aryl methyl sites for hydroxylation is 2. The molecule has 0 spiro atoms. The van der Waals surface area contributed by atoms with Crippen LogP contribution in [0, 0.1) is 13.8 Å². The van der Waals surface area contributed by atoms with E-state index < -0.39 is 0 Å². The Bertz CT molecular complexity index is 984. The number of aromatic nitrogens is 2. The maximum atomic E-state index is 12.3. The van der Waals surface area contributed by atoms with E-state index in [0.29, 0.717) is 17.9 Å². The molecule has 0 radical (unpaired) electrons. The molecule has 3 aromatic rings. The van der Waals surface area contributed by atoms with Crippen LogP contribution in [0.5, 0.6) is 0 Å². The SMILES string of the molecule is CCOC(=O)c1ccc(NC(=O)CSc2ncnc3sc(C)c(C)c23)cc1. The molecule has 8 heteroatoms. The van der Waals surface area contributed by atoms with Crippen LogP contribution in [0.25, 0.3) is 10.2 Å². The molecule has 3 rings (SSSR count). The van der Waals surface area contributed by atoms with Crippen LogP contribution in [-0.4, -0.2) is 34.2 Å². The number of hydrogen-bond donors (Lipinski definition) is 1. The predicted octanol–water partition coefficient (Wildman–Crippen LogP) is 4.22. The van der Waals surface area contributed by atoms with Gasteiger partial charge in [0.25, 0.3) is 0 Å². The Labute approximate surface area is 165 Å². The molecule has 0 aliphatic carbocycles. The normalized spacial score (nSPS) is 10.8. The maximum absolute atomic E-state index is 12.3. The van der Waals surface area contributed by atoms with E-state index >= 15 is 0 Å². The Hall–Kier alpha value is -2.45. The van der Waals surface area contributed by atoms with Crippen LogP contribution in [0.3, 0.4) is 0 Å². The topological polar surface area (TPSA) is 81.2 Å². The number of esters is 1. The standard InChI is InChI=1S/C19H19N3O3S2/c1-4-25-19(24)13-5-7-14(8-6-13)22-15(23)9-26-17-16-11(2)12(3)27-18(16)21-10-20-17/h5-8,10H,4,9H2,1-3H3,(H,22,23). The predicted molar refractivity (Wildman–Crippen MR) is 109 cm³/mol. The third-order valence-electron chi connectivity index (χ3n) is 3.95. The summed E-state index contributed by atoms with van der Waals surface area (Å²) in [7, 11) is 0. The second-order valence-electron chi connectivity index (χ2n) is 5.78. The van der Waals surface area contributed by atoms with Gasteiger partial charge in [-0.3, -0.25) is 4.79 Å². The average Bonchev–Trinajstić information content (AvgIpc) is 2.95. The Kier molecular flexibility index (Phi) is 6.08. The van der Waals surface area contributed by atoms with Gasteiger partial charge in [-0.15, -0.1) is 11.3 Å².